The Labute approximate surface area is 132 Å². The monoisotopic (exact) mass is 371 g/mol. The van der Waals surface area contributed by atoms with Gasteiger partial charge < -0.3 is 33.6 Å². The number of rotatable bonds is 12. The fourth-order valence-corrected chi connectivity index (χ4v) is 2.43. The van der Waals surface area contributed by atoms with E-state index in [-0.39, 0.29) is 24.0 Å². The third-order valence-corrected chi connectivity index (χ3v) is 3.71. The molecule has 0 unspecified atom stereocenters. The van der Waals surface area contributed by atoms with E-state index in [1.54, 1.807) is 0 Å². The predicted molar refractivity (Wildman–Crippen MR) is 76.2 cm³/mol. The molecule has 0 aliphatic rings. The molecule has 0 atom stereocenters. The summed E-state index contributed by atoms with van der Waals surface area (Å²) in [5, 5.41) is 8.88. The summed E-state index contributed by atoms with van der Waals surface area (Å²) in [7, 11) is 2.41. The number of quaternary nitrogens is 1. The maximum Gasteiger partial charge on any atom is 0.0785 e. The van der Waals surface area contributed by atoms with Gasteiger partial charge in [0.05, 0.1) is 26.7 Å². The quantitative estimate of drug-likeness (QED) is 0.303. The Kier molecular flexibility index (Phi) is 16.4. The first-order chi connectivity index (χ1) is 8.18. The van der Waals surface area contributed by atoms with Crippen LogP contribution < -0.4 is 24.0 Å². The molecule has 0 aliphatic heterocycles. The van der Waals surface area contributed by atoms with Crippen LogP contribution in [0, 0.1) is 0 Å². The Hall–Kier alpha value is 0.650. The first-order valence-corrected chi connectivity index (χ1v) is 7.63. The molecule has 1 N–H and O–H groups in total. The zero-order valence-electron chi connectivity index (χ0n) is 12.8. The average Bonchev–Trinajstić information content (AvgIpc) is 2.30. The highest BCUT2D eigenvalue weighted by atomic mass is 127. The Morgan fingerprint density at radius 2 is 1.11 bits per heavy atom. The minimum Gasteiger partial charge on any atom is -1.00 e. The first-order valence-electron chi connectivity index (χ1n) is 7.63. The lowest BCUT2D eigenvalue weighted by molar-refractivity contribution is -0.910. The third kappa shape index (κ3) is 11.7. The standard InChI is InChI=1S/C15H34NO.HI/c1-4-6-8-12-16(3,13-9-7-5-2)14-10-11-15-17;/h17H,4-15H2,1-3H3;1H/q+1;/p-1. The third-order valence-electron chi connectivity index (χ3n) is 3.71. The van der Waals surface area contributed by atoms with Crippen LogP contribution in [0.1, 0.15) is 65.2 Å². The fraction of sp³-hybridized carbons (Fsp3) is 1.00. The highest BCUT2D eigenvalue weighted by Gasteiger charge is 2.19. The van der Waals surface area contributed by atoms with Crippen molar-refractivity contribution in [1.82, 2.24) is 0 Å². The summed E-state index contributed by atoms with van der Waals surface area (Å²) in [4.78, 5) is 0. The van der Waals surface area contributed by atoms with Gasteiger partial charge in [-0.15, -0.1) is 0 Å². The minimum absolute atomic E-state index is 0. The van der Waals surface area contributed by atoms with Gasteiger partial charge in [0.15, 0.2) is 0 Å². The summed E-state index contributed by atoms with van der Waals surface area (Å²) in [5.74, 6) is 0. The van der Waals surface area contributed by atoms with E-state index in [1.807, 2.05) is 0 Å². The molecule has 0 heterocycles. The molecular weight excluding hydrogens is 337 g/mol. The molecule has 0 bridgehead atoms. The highest BCUT2D eigenvalue weighted by Crippen LogP contribution is 2.12. The highest BCUT2D eigenvalue weighted by molar-refractivity contribution is 4.46. The summed E-state index contributed by atoms with van der Waals surface area (Å²) in [6, 6.07) is 0. The van der Waals surface area contributed by atoms with Crippen molar-refractivity contribution in [2.75, 3.05) is 33.3 Å². The summed E-state index contributed by atoms with van der Waals surface area (Å²) in [6.07, 6.45) is 10.2. The lowest BCUT2D eigenvalue weighted by Crippen LogP contribution is -3.00. The Morgan fingerprint density at radius 1 is 0.722 bits per heavy atom. The van der Waals surface area contributed by atoms with Crippen LogP contribution in [-0.4, -0.2) is 42.9 Å². The topological polar surface area (TPSA) is 20.2 Å². The number of nitrogens with zero attached hydrogens (tertiary/aromatic N) is 1. The summed E-state index contributed by atoms with van der Waals surface area (Å²) in [6.45, 7) is 8.78. The van der Waals surface area contributed by atoms with Crippen LogP contribution in [0.3, 0.4) is 0 Å². The van der Waals surface area contributed by atoms with Gasteiger partial charge in [0.25, 0.3) is 0 Å². The summed E-state index contributed by atoms with van der Waals surface area (Å²) >= 11 is 0. The van der Waals surface area contributed by atoms with Crippen molar-refractivity contribution in [3.63, 3.8) is 0 Å². The molecule has 0 aromatic heterocycles. The molecule has 0 radical (unpaired) electrons. The van der Waals surface area contributed by atoms with E-state index in [4.69, 9.17) is 5.11 Å². The second-order valence-electron chi connectivity index (χ2n) is 5.64. The second-order valence-corrected chi connectivity index (χ2v) is 5.64. The number of halogens is 1. The van der Waals surface area contributed by atoms with Crippen LogP contribution >= 0.6 is 0 Å². The van der Waals surface area contributed by atoms with Gasteiger partial charge in [0, 0.05) is 6.61 Å². The van der Waals surface area contributed by atoms with Gasteiger partial charge in [-0.05, 0) is 38.5 Å². The molecule has 0 aliphatic carbocycles. The summed E-state index contributed by atoms with van der Waals surface area (Å²) in [5.41, 5.74) is 0. The number of unbranched alkanes of at least 4 members (excludes halogenated alkanes) is 5. The van der Waals surface area contributed by atoms with Gasteiger partial charge in [0.2, 0.25) is 0 Å². The number of aliphatic hydroxyl groups excluding tert-OH is 1. The molecule has 2 nitrogen and oxygen atoms in total. The predicted octanol–water partition coefficient (Wildman–Crippen LogP) is 0.590. The number of hydrogen-bond donors (Lipinski definition) is 1. The van der Waals surface area contributed by atoms with Gasteiger partial charge in [-0.25, -0.2) is 0 Å². The zero-order valence-corrected chi connectivity index (χ0v) is 14.9. The number of aliphatic hydroxyl groups is 1. The molecule has 0 fully saturated rings. The Morgan fingerprint density at radius 3 is 1.44 bits per heavy atom. The molecule has 112 valence electrons. The molecule has 0 aromatic carbocycles. The van der Waals surface area contributed by atoms with Crippen molar-refractivity contribution < 1.29 is 33.6 Å². The molecule has 0 spiro atoms. The molecule has 0 amide bonds. The van der Waals surface area contributed by atoms with Crippen LogP contribution in [-0.2, 0) is 0 Å². The van der Waals surface area contributed by atoms with Crippen LogP contribution in [0.4, 0.5) is 0 Å². The van der Waals surface area contributed by atoms with E-state index in [2.05, 4.69) is 20.9 Å². The SMILES string of the molecule is CCCCC[N+](C)(CCCCC)CCCCO.[I-]. The maximum atomic E-state index is 8.88. The number of hydrogen-bond acceptors (Lipinski definition) is 1. The molecular formula is C15H34INO. The molecule has 0 aromatic rings. The summed E-state index contributed by atoms with van der Waals surface area (Å²) < 4.78 is 1.22. The van der Waals surface area contributed by atoms with E-state index >= 15 is 0 Å². The van der Waals surface area contributed by atoms with E-state index in [9.17, 15) is 0 Å². The second kappa shape index (κ2) is 14.1. The van der Waals surface area contributed by atoms with E-state index < -0.39 is 0 Å². The minimum atomic E-state index is 0. The smallest absolute Gasteiger partial charge is 0.0785 e. The average molecular weight is 371 g/mol. The van der Waals surface area contributed by atoms with Crippen molar-refractivity contribution in [3.8, 4) is 0 Å². The van der Waals surface area contributed by atoms with Crippen molar-refractivity contribution in [2.45, 2.75) is 65.2 Å². The van der Waals surface area contributed by atoms with Crippen molar-refractivity contribution in [3.05, 3.63) is 0 Å². The molecule has 0 rings (SSSR count). The van der Waals surface area contributed by atoms with Crippen molar-refractivity contribution in [2.24, 2.45) is 0 Å². The Balaban J connectivity index is 0. The van der Waals surface area contributed by atoms with Crippen molar-refractivity contribution in [1.29, 1.82) is 0 Å². The van der Waals surface area contributed by atoms with Gasteiger partial charge in [0.1, 0.15) is 0 Å². The van der Waals surface area contributed by atoms with Crippen LogP contribution in [0.25, 0.3) is 0 Å². The van der Waals surface area contributed by atoms with Crippen molar-refractivity contribution >= 4 is 0 Å². The lowest BCUT2D eigenvalue weighted by atomic mass is 10.1. The van der Waals surface area contributed by atoms with E-state index in [1.165, 1.54) is 69.1 Å². The Bertz CT molecular complexity index is 138. The normalized spacial score (nSPS) is 11.3. The van der Waals surface area contributed by atoms with Crippen LogP contribution in [0.5, 0.6) is 0 Å². The molecule has 18 heavy (non-hydrogen) atoms. The molecule has 0 saturated carbocycles. The molecule has 3 heteroatoms. The van der Waals surface area contributed by atoms with Gasteiger partial charge >= 0.3 is 0 Å². The van der Waals surface area contributed by atoms with Gasteiger partial charge in [-0.2, -0.15) is 0 Å². The van der Waals surface area contributed by atoms with Crippen LogP contribution in [0.2, 0.25) is 0 Å². The van der Waals surface area contributed by atoms with E-state index in [0.717, 1.165) is 6.42 Å². The van der Waals surface area contributed by atoms with E-state index in [0.29, 0.717) is 6.61 Å². The van der Waals surface area contributed by atoms with Crippen LogP contribution in [0.15, 0.2) is 0 Å². The fourth-order valence-electron chi connectivity index (χ4n) is 2.43. The van der Waals surface area contributed by atoms with Gasteiger partial charge in [-0.3, -0.25) is 0 Å². The maximum absolute atomic E-state index is 8.88. The lowest BCUT2D eigenvalue weighted by Gasteiger charge is -2.35. The van der Waals surface area contributed by atoms with Gasteiger partial charge in [-0.1, -0.05) is 26.7 Å². The zero-order chi connectivity index (χ0) is 13.0. The largest absolute Gasteiger partial charge is 1.00 e. The first kappa shape index (κ1) is 21.0. The molecule has 0 saturated heterocycles.